The minimum absolute atomic E-state index is 0.789. The molecule has 0 unspecified atom stereocenters. The molecule has 0 radical (unpaired) electrons. The molecule has 0 aromatic carbocycles. The number of nitrogens with zero attached hydrogens (tertiary/aromatic N) is 1. The van der Waals surface area contributed by atoms with Crippen molar-refractivity contribution in [1.29, 1.82) is 0 Å². The molecule has 74 valence electrons. The first-order chi connectivity index (χ1) is 6.18. The topological polar surface area (TPSA) is 28.4 Å². The van der Waals surface area contributed by atoms with Crippen LogP contribution in [-0.4, -0.2) is 32.1 Å². The summed E-state index contributed by atoms with van der Waals surface area (Å²) in [6.45, 7) is 2.81. The lowest BCUT2D eigenvalue weighted by molar-refractivity contribution is 0.390. The smallest absolute Gasteiger partial charge is 0.169 e. The predicted molar refractivity (Wildman–Crippen MR) is 56.7 cm³/mol. The number of rotatable bonds is 5. The lowest BCUT2D eigenvalue weighted by Gasteiger charge is -2.09. The van der Waals surface area contributed by atoms with E-state index in [1.165, 1.54) is 0 Å². The van der Waals surface area contributed by atoms with Crippen LogP contribution < -0.4 is 5.32 Å². The van der Waals surface area contributed by atoms with Crippen molar-refractivity contribution in [1.82, 2.24) is 10.2 Å². The van der Waals surface area contributed by atoms with Crippen LogP contribution in [0.3, 0.4) is 0 Å². The monoisotopic (exact) mass is 246 g/mol. The second-order valence-corrected chi connectivity index (χ2v) is 3.97. The average molecular weight is 247 g/mol. The molecule has 0 aliphatic rings. The summed E-state index contributed by atoms with van der Waals surface area (Å²) >= 11 is 3.26. The Kier molecular flexibility index (Phi) is 4.48. The first-order valence-corrected chi connectivity index (χ1v) is 5.07. The Labute approximate surface area is 87.2 Å². The van der Waals surface area contributed by atoms with E-state index < -0.39 is 0 Å². The molecule has 1 N–H and O–H groups in total. The van der Waals surface area contributed by atoms with Crippen molar-refractivity contribution in [3.8, 4) is 0 Å². The zero-order valence-corrected chi connectivity index (χ0v) is 9.60. The zero-order valence-electron chi connectivity index (χ0n) is 8.01. The highest BCUT2D eigenvalue weighted by molar-refractivity contribution is 9.10. The highest BCUT2D eigenvalue weighted by Crippen LogP contribution is 2.13. The molecular weight excluding hydrogens is 232 g/mol. The van der Waals surface area contributed by atoms with Gasteiger partial charge < -0.3 is 14.6 Å². The maximum Gasteiger partial charge on any atom is 0.169 e. The first kappa shape index (κ1) is 10.8. The summed E-state index contributed by atoms with van der Waals surface area (Å²) in [5.41, 5.74) is 0. The van der Waals surface area contributed by atoms with E-state index in [-0.39, 0.29) is 0 Å². The van der Waals surface area contributed by atoms with Gasteiger partial charge in [0.15, 0.2) is 4.67 Å². The van der Waals surface area contributed by atoms with Crippen LogP contribution in [0.2, 0.25) is 0 Å². The van der Waals surface area contributed by atoms with E-state index in [9.17, 15) is 0 Å². The molecular formula is C9H15BrN2O. The molecule has 0 aliphatic carbocycles. The van der Waals surface area contributed by atoms with Crippen LogP contribution in [0, 0.1) is 0 Å². The lowest BCUT2D eigenvalue weighted by atomic mass is 10.4. The summed E-state index contributed by atoms with van der Waals surface area (Å²) in [5, 5.41) is 3.29. The van der Waals surface area contributed by atoms with Gasteiger partial charge in [-0.15, -0.1) is 0 Å². The number of hydrogen-bond acceptors (Lipinski definition) is 3. The Morgan fingerprint density at radius 2 is 2.23 bits per heavy atom. The van der Waals surface area contributed by atoms with Crippen molar-refractivity contribution in [2.45, 2.75) is 6.54 Å². The number of likely N-dealkylation sites (N-methyl/N-ethyl adjacent to an activating group) is 1. The SMILES string of the molecule is CN(C)CCNCc1ccc(Br)o1. The molecule has 13 heavy (non-hydrogen) atoms. The van der Waals surface area contributed by atoms with Crippen LogP contribution in [0.5, 0.6) is 0 Å². The van der Waals surface area contributed by atoms with Crippen molar-refractivity contribution in [2.24, 2.45) is 0 Å². The molecule has 0 saturated heterocycles. The maximum atomic E-state index is 5.33. The third-order valence-electron chi connectivity index (χ3n) is 1.66. The van der Waals surface area contributed by atoms with Crippen molar-refractivity contribution in [2.75, 3.05) is 27.2 Å². The average Bonchev–Trinajstić information content (AvgIpc) is 2.45. The fourth-order valence-corrected chi connectivity index (χ4v) is 1.30. The second-order valence-electron chi connectivity index (χ2n) is 3.19. The van der Waals surface area contributed by atoms with Gasteiger partial charge in [-0.1, -0.05) is 0 Å². The van der Waals surface area contributed by atoms with Gasteiger partial charge in [-0.25, -0.2) is 0 Å². The van der Waals surface area contributed by atoms with Gasteiger partial charge >= 0.3 is 0 Å². The Morgan fingerprint density at radius 1 is 1.46 bits per heavy atom. The highest BCUT2D eigenvalue weighted by Gasteiger charge is 1.97. The van der Waals surface area contributed by atoms with E-state index in [1.54, 1.807) is 0 Å². The van der Waals surface area contributed by atoms with Crippen LogP contribution in [0.25, 0.3) is 0 Å². The third kappa shape index (κ3) is 4.45. The Morgan fingerprint density at radius 3 is 2.77 bits per heavy atom. The van der Waals surface area contributed by atoms with Crippen LogP contribution in [0.4, 0.5) is 0 Å². The molecule has 0 spiro atoms. The molecule has 3 nitrogen and oxygen atoms in total. The second kappa shape index (κ2) is 5.42. The third-order valence-corrected chi connectivity index (χ3v) is 2.09. The minimum Gasteiger partial charge on any atom is -0.453 e. The number of hydrogen-bond donors (Lipinski definition) is 1. The van der Waals surface area contributed by atoms with Gasteiger partial charge in [-0.2, -0.15) is 0 Å². The molecule has 0 bridgehead atoms. The quantitative estimate of drug-likeness (QED) is 0.802. The number of furan rings is 1. The van der Waals surface area contributed by atoms with E-state index >= 15 is 0 Å². The fourth-order valence-electron chi connectivity index (χ4n) is 0.961. The van der Waals surface area contributed by atoms with Crippen LogP contribution >= 0.6 is 15.9 Å². The number of halogens is 1. The lowest BCUT2D eigenvalue weighted by Crippen LogP contribution is -2.25. The normalized spacial score (nSPS) is 11.1. The summed E-state index contributed by atoms with van der Waals surface area (Å²) in [4.78, 5) is 2.14. The molecule has 1 aromatic heterocycles. The summed E-state index contributed by atoms with van der Waals surface area (Å²) in [6.07, 6.45) is 0. The highest BCUT2D eigenvalue weighted by atomic mass is 79.9. The molecule has 0 amide bonds. The molecule has 4 heteroatoms. The molecule has 0 saturated carbocycles. The van der Waals surface area contributed by atoms with Crippen molar-refractivity contribution in [3.63, 3.8) is 0 Å². The first-order valence-electron chi connectivity index (χ1n) is 4.28. The van der Waals surface area contributed by atoms with Crippen LogP contribution in [-0.2, 0) is 6.54 Å². The summed E-state index contributed by atoms with van der Waals surface area (Å²) in [7, 11) is 4.12. The van der Waals surface area contributed by atoms with Crippen molar-refractivity contribution >= 4 is 15.9 Å². The standard InChI is InChI=1S/C9H15BrN2O/c1-12(2)6-5-11-7-8-3-4-9(10)13-8/h3-4,11H,5-7H2,1-2H3. The van der Waals surface area contributed by atoms with Crippen LogP contribution in [0.15, 0.2) is 21.2 Å². The molecule has 1 rings (SSSR count). The maximum absolute atomic E-state index is 5.33. The number of nitrogens with one attached hydrogen (secondary N) is 1. The van der Waals surface area contributed by atoms with Gasteiger partial charge in [0, 0.05) is 13.1 Å². The van der Waals surface area contributed by atoms with Gasteiger partial charge in [0.05, 0.1) is 6.54 Å². The Balaban J connectivity index is 2.13. The van der Waals surface area contributed by atoms with E-state index in [1.807, 2.05) is 12.1 Å². The van der Waals surface area contributed by atoms with Crippen molar-refractivity contribution < 1.29 is 4.42 Å². The van der Waals surface area contributed by atoms with Gasteiger partial charge in [-0.05, 0) is 42.2 Å². The summed E-state index contributed by atoms with van der Waals surface area (Å²) in [6, 6.07) is 3.87. The minimum atomic E-state index is 0.789. The van der Waals surface area contributed by atoms with Crippen LogP contribution in [0.1, 0.15) is 5.76 Å². The Hall–Kier alpha value is -0.320. The summed E-state index contributed by atoms with van der Waals surface area (Å²) in [5.74, 6) is 0.964. The van der Waals surface area contributed by atoms with E-state index in [4.69, 9.17) is 4.42 Å². The van der Waals surface area contributed by atoms with Gasteiger partial charge in [0.25, 0.3) is 0 Å². The van der Waals surface area contributed by atoms with Gasteiger partial charge in [-0.3, -0.25) is 0 Å². The predicted octanol–water partition coefficient (Wildman–Crippen LogP) is 1.69. The van der Waals surface area contributed by atoms with E-state index in [2.05, 4.69) is 40.2 Å². The zero-order chi connectivity index (χ0) is 9.68. The van der Waals surface area contributed by atoms with E-state index in [0.29, 0.717) is 0 Å². The molecule has 0 aliphatic heterocycles. The summed E-state index contributed by atoms with van der Waals surface area (Å²) < 4.78 is 6.12. The molecule has 0 atom stereocenters. The van der Waals surface area contributed by atoms with Crippen molar-refractivity contribution in [3.05, 3.63) is 22.6 Å². The van der Waals surface area contributed by atoms with E-state index in [0.717, 1.165) is 30.1 Å². The van der Waals surface area contributed by atoms with Gasteiger partial charge in [0.2, 0.25) is 0 Å². The molecule has 0 fully saturated rings. The van der Waals surface area contributed by atoms with Gasteiger partial charge in [0.1, 0.15) is 5.76 Å². The molecule has 1 heterocycles. The molecule has 1 aromatic rings. The fraction of sp³-hybridized carbons (Fsp3) is 0.556. The Bertz CT molecular complexity index is 248. The largest absolute Gasteiger partial charge is 0.453 e.